The molecule has 2 heteroatoms. The second kappa shape index (κ2) is 12.9. The monoisotopic (exact) mass is 406 g/mol. The Balaban J connectivity index is 1.57. The second-order valence-corrected chi connectivity index (χ2v) is 9.21. The minimum Gasteiger partial charge on any atom is -0.282 e. The molecule has 1 aliphatic heterocycles. The summed E-state index contributed by atoms with van der Waals surface area (Å²) in [6.07, 6.45) is 11.7. The van der Waals surface area contributed by atoms with Gasteiger partial charge in [0.05, 0.1) is 6.17 Å². The second-order valence-electron chi connectivity index (χ2n) is 9.21. The van der Waals surface area contributed by atoms with Gasteiger partial charge in [-0.3, -0.25) is 9.80 Å². The zero-order chi connectivity index (χ0) is 21.0. The molecule has 30 heavy (non-hydrogen) atoms. The van der Waals surface area contributed by atoms with E-state index in [1.807, 2.05) is 0 Å². The standard InChI is InChI=1S/C28H42N2/c1-3-4-5-6-7-8-11-16-25(2)28-29(23-26-17-12-9-13-18-26)21-22-30(28)24-27-19-14-10-15-20-27/h9-10,12-15,17-20,25,28H,3-8,11,16,21-24H2,1-2H3/t25-/m1/s1. The van der Waals surface area contributed by atoms with Gasteiger partial charge in [-0.15, -0.1) is 0 Å². The normalized spacial score (nSPS) is 16.9. The van der Waals surface area contributed by atoms with Crippen LogP contribution in [0.25, 0.3) is 0 Å². The number of unbranched alkanes of at least 4 members (excludes halogenated alkanes) is 6. The molecule has 0 aromatic heterocycles. The topological polar surface area (TPSA) is 6.48 Å². The van der Waals surface area contributed by atoms with Crippen LogP contribution in [0.2, 0.25) is 0 Å². The minimum atomic E-state index is 0.547. The number of benzene rings is 2. The molecule has 1 saturated heterocycles. The van der Waals surface area contributed by atoms with E-state index in [1.54, 1.807) is 0 Å². The quantitative estimate of drug-likeness (QED) is 0.327. The maximum atomic E-state index is 2.73. The van der Waals surface area contributed by atoms with E-state index in [1.165, 1.54) is 75.6 Å². The van der Waals surface area contributed by atoms with Crippen LogP contribution < -0.4 is 0 Å². The molecule has 0 radical (unpaired) electrons. The Hall–Kier alpha value is -1.64. The molecular formula is C28H42N2. The Morgan fingerprint density at radius 1 is 0.700 bits per heavy atom. The molecule has 2 aromatic carbocycles. The van der Waals surface area contributed by atoms with Crippen molar-refractivity contribution in [3.63, 3.8) is 0 Å². The van der Waals surface area contributed by atoms with Gasteiger partial charge in [-0.05, 0) is 23.5 Å². The highest BCUT2D eigenvalue weighted by molar-refractivity contribution is 5.16. The molecule has 0 spiro atoms. The Labute approximate surface area is 185 Å². The minimum absolute atomic E-state index is 0.547. The number of hydrogen-bond donors (Lipinski definition) is 0. The zero-order valence-corrected chi connectivity index (χ0v) is 19.3. The van der Waals surface area contributed by atoms with Gasteiger partial charge in [-0.2, -0.15) is 0 Å². The molecule has 2 aromatic rings. The average molecular weight is 407 g/mol. The lowest BCUT2D eigenvalue weighted by Crippen LogP contribution is -2.43. The highest BCUT2D eigenvalue weighted by atomic mass is 15.4. The highest BCUT2D eigenvalue weighted by Gasteiger charge is 2.35. The fourth-order valence-electron chi connectivity index (χ4n) is 5.03. The molecule has 1 heterocycles. The summed E-state index contributed by atoms with van der Waals surface area (Å²) >= 11 is 0. The summed E-state index contributed by atoms with van der Waals surface area (Å²) in [5, 5.41) is 0. The summed E-state index contributed by atoms with van der Waals surface area (Å²) in [6, 6.07) is 22.0. The van der Waals surface area contributed by atoms with Crippen LogP contribution in [0.3, 0.4) is 0 Å². The fourth-order valence-corrected chi connectivity index (χ4v) is 5.03. The van der Waals surface area contributed by atoms with E-state index in [2.05, 4.69) is 84.3 Å². The number of nitrogens with zero attached hydrogens (tertiary/aromatic N) is 2. The lowest BCUT2D eigenvalue weighted by Gasteiger charge is -2.35. The van der Waals surface area contributed by atoms with Crippen LogP contribution >= 0.6 is 0 Å². The van der Waals surface area contributed by atoms with Gasteiger partial charge in [0.2, 0.25) is 0 Å². The van der Waals surface area contributed by atoms with Crippen LogP contribution in [0.5, 0.6) is 0 Å². The predicted molar refractivity (Wildman–Crippen MR) is 129 cm³/mol. The van der Waals surface area contributed by atoms with E-state index in [4.69, 9.17) is 0 Å². The Kier molecular flexibility index (Phi) is 9.92. The van der Waals surface area contributed by atoms with Crippen molar-refractivity contribution in [3.8, 4) is 0 Å². The number of rotatable bonds is 13. The molecule has 0 bridgehead atoms. The van der Waals surface area contributed by atoms with Crippen molar-refractivity contribution in [3.05, 3.63) is 71.8 Å². The van der Waals surface area contributed by atoms with Gasteiger partial charge in [0.1, 0.15) is 0 Å². The van der Waals surface area contributed by atoms with Gasteiger partial charge >= 0.3 is 0 Å². The molecule has 0 aliphatic carbocycles. The predicted octanol–water partition coefficient (Wildman–Crippen LogP) is 7.11. The average Bonchev–Trinajstić information content (AvgIpc) is 3.16. The Morgan fingerprint density at radius 2 is 1.17 bits per heavy atom. The van der Waals surface area contributed by atoms with Crippen molar-refractivity contribution in [2.45, 2.75) is 84.5 Å². The molecule has 0 unspecified atom stereocenters. The molecule has 3 rings (SSSR count). The van der Waals surface area contributed by atoms with E-state index in [0.29, 0.717) is 12.1 Å². The van der Waals surface area contributed by atoms with E-state index >= 15 is 0 Å². The van der Waals surface area contributed by atoms with Crippen LogP contribution in [0.4, 0.5) is 0 Å². The lowest BCUT2D eigenvalue weighted by atomic mass is 9.97. The van der Waals surface area contributed by atoms with Crippen molar-refractivity contribution in [1.29, 1.82) is 0 Å². The first kappa shape index (κ1) is 23.0. The van der Waals surface area contributed by atoms with Crippen LogP contribution in [0.1, 0.15) is 76.3 Å². The van der Waals surface area contributed by atoms with Gasteiger partial charge in [-0.25, -0.2) is 0 Å². The smallest absolute Gasteiger partial charge is 0.0655 e. The van der Waals surface area contributed by atoms with Crippen molar-refractivity contribution in [2.24, 2.45) is 5.92 Å². The van der Waals surface area contributed by atoms with E-state index in [9.17, 15) is 0 Å². The van der Waals surface area contributed by atoms with Crippen molar-refractivity contribution in [2.75, 3.05) is 13.1 Å². The van der Waals surface area contributed by atoms with Crippen LogP contribution in [-0.2, 0) is 13.1 Å². The van der Waals surface area contributed by atoms with E-state index < -0.39 is 0 Å². The third-order valence-corrected chi connectivity index (χ3v) is 6.65. The van der Waals surface area contributed by atoms with E-state index in [-0.39, 0.29) is 0 Å². The summed E-state index contributed by atoms with van der Waals surface area (Å²) in [6.45, 7) is 9.27. The zero-order valence-electron chi connectivity index (χ0n) is 19.3. The maximum absolute atomic E-state index is 2.73. The fraction of sp³-hybridized carbons (Fsp3) is 0.571. The van der Waals surface area contributed by atoms with Gasteiger partial charge in [-0.1, -0.05) is 119 Å². The van der Waals surface area contributed by atoms with Crippen molar-refractivity contribution >= 4 is 0 Å². The summed E-state index contributed by atoms with van der Waals surface area (Å²) in [5.41, 5.74) is 2.87. The molecule has 0 saturated carbocycles. The Morgan fingerprint density at radius 3 is 1.67 bits per heavy atom. The summed E-state index contributed by atoms with van der Waals surface area (Å²) in [4.78, 5) is 5.45. The van der Waals surface area contributed by atoms with Gasteiger partial charge in [0.25, 0.3) is 0 Å². The molecule has 164 valence electrons. The van der Waals surface area contributed by atoms with Gasteiger partial charge in [0, 0.05) is 26.2 Å². The molecule has 1 fully saturated rings. The summed E-state index contributed by atoms with van der Waals surface area (Å²) in [5.74, 6) is 0.704. The van der Waals surface area contributed by atoms with Crippen LogP contribution in [0, 0.1) is 5.92 Å². The third kappa shape index (κ3) is 7.25. The Bertz CT molecular complexity index is 635. The first-order chi connectivity index (χ1) is 14.8. The third-order valence-electron chi connectivity index (χ3n) is 6.65. The molecule has 2 nitrogen and oxygen atoms in total. The first-order valence-electron chi connectivity index (χ1n) is 12.3. The van der Waals surface area contributed by atoms with Crippen molar-refractivity contribution < 1.29 is 0 Å². The van der Waals surface area contributed by atoms with Gasteiger partial charge in [0.15, 0.2) is 0 Å². The van der Waals surface area contributed by atoms with Crippen LogP contribution in [-0.4, -0.2) is 29.1 Å². The van der Waals surface area contributed by atoms with Gasteiger partial charge < -0.3 is 0 Å². The molecule has 0 N–H and O–H groups in total. The number of hydrogen-bond acceptors (Lipinski definition) is 2. The maximum Gasteiger partial charge on any atom is 0.0655 e. The molecule has 1 aliphatic rings. The highest BCUT2D eigenvalue weighted by Crippen LogP contribution is 2.29. The van der Waals surface area contributed by atoms with Crippen LogP contribution in [0.15, 0.2) is 60.7 Å². The lowest BCUT2D eigenvalue weighted by molar-refractivity contribution is 0.0703. The SMILES string of the molecule is CCCCCCCCC[C@@H](C)C1N(Cc2ccccc2)CCN1Cc1ccccc1. The summed E-state index contributed by atoms with van der Waals surface area (Å²) < 4.78 is 0. The van der Waals surface area contributed by atoms with Crippen molar-refractivity contribution in [1.82, 2.24) is 9.80 Å². The molecule has 1 atom stereocenters. The summed E-state index contributed by atoms with van der Waals surface area (Å²) in [7, 11) is 0. The first-order valence-corrected chi connectivity index (χ1v) is 12.3. The largest absolute Gasteiger partial charge is 0.282 e. The van der Waals surface area contributed by atoms with E-state index in [0.717, 1.165) is 13.1 Å². The molecule has 0 amide bonds. The molecular weight excluding hydrogens is 364 g/mol.